The van der Waals surface area contributed by atoms with Gasteiger partial charge in [0.05, 0.1) is 0 Å². The zero-order valence-corrected chi connectivity index (χ0v) is 3.81. The van der Waals surface area contributed by atoms with Crippen molar-refractivity contribution in [2.45, 2.75) is 0 Å². The topological polar surface area (TPSA) is 104 Å². The standard InChI is InChI=1S/CH3N5O2/c2-5-3-1-4-6(7)8/h4H,1H2. The first kappa shape index (κ1) is 6.51. The largest absolute Gasteiger partial charge is 0.235 e. The molecule has 7 heteroatoms. The summed E-state index contributed by atoms with van der Waals surface area (Å²) in [5.41, 5.74) is 9.22. The molecule has 0 fully saturated rings. The van der Waals surface area contributed by atoms with Gasteiger partial charge in [0.1, 0.15) is 0 Å². The Kier molecular flexibility index (Phi) is 3.00. The number of hydrogen-bond acceptors (Lipinski definition) is 3. The molecule has 0 aromatic carbocycles. The van der Waals surface area contributed by atoms with Crippen LogP contribution >= 0.6 is 0 Å². The Morgan fingerprint density at radius 3 is 3.00 bits per heavy atom. The fourth-order valence-electron chi connectivity index (χ4n) is 0.121. The van der Waals surface area contributed by atoms with E-state index in [1.807, 2.05) is 0 Å². The van der Waals surface area contributed by atoms with E-state index in [2.05, 4.69) is 10.0 Å². The van der Waals surface area contributed by atoms with Crippen molar-refractivity contribution in [3.05, 3.63) is 20.6 Å². The number of hydrazine groups is 1. The van der Waals surface area contributed by atoms with Gasteiger partial charge in [0.15, 0.2) is 11.7 Å². The van der Waals surface area contributed by atoms with E-state index >= 15 is 0 Å². The Balaban J connectivity index is 3.18. The summed E-state index contributed by atoms with van der Waals surface area (Å²) in [5.74, 6) is 0. The van der Waals surface area contributed by atoms with Gasteiger partial charge >= 0.3 is 0 Å². The summed E-state index contributed by atoms with van der Waals surface area (Å²) >= 11 is 0. The maximum absolute atomic E-state index is 9.39. The zero-order valence-electron chi connectivity index (χ0n) is 3.81. The van der Waals surface area contributed by atoms with Crippen molar-refractivity contribution in [2.75, 3.05) is 6.67 Å². The molecule has 7 nitrogen and oxygen atoms in total. The summed E-state index contributed by atoms with van der Waals surface area (Å²) in [6.07, 6.45) is 0. The lowest BCUT2D eigenvalue weighted by Gasteiger charge is -1.84. The van der Waals surface area contributed by atoms with Crippen LogP contribution in [0.1, 0.15) is 0 Å². The van der Waals surface area contributed by atoms with Gasteiger partial charge in [0.2, 0.25) is 0 Å². The summed E-state index contributed by atoms with van der Waals surface area (Å²) < 4.78 is 0. The highest BCUT2D eigenvalue weighted by molar-refractivity contribution is 4.37. The van der Waals surface area contributed by atoms with Crippen molar-refractivity contribution in [1.29, 1.82) is 0 Å². The van der Waals surface area contributed by atoms with Gasteiger partial charge in [-0.3, -0.25) is 0 Å². The SMILES string of the molecule is [N-]=[N+]=NCN[N+](=O)[O-]. The first-order valence-corrected chi connectivity index (χ1v) is 1.66. The highest BCUT2D eigenvalue weighted by atomic mass is 16.7. The molecule has 0 aromatic rings. The Morgan fingerprint density at radius 1 is 2.00 bits per heavy atom. The molecule has 0 aliphatic heterocycles. The predicted octanol–water partition coefficient (Wildman–Crippen LogP) is 0.0355. The van der Waals surface area contributed by atoms with Gasteiger partial charge in [-0.2, -0.15) is 0 Å². The monoisotopic (exact) mass is 117 g/mol. The van der Waals surface area contributed by atoms with Crippen LogP contribution in [0, 0.1) is 10.1 Å². The minimum absolute atomic E-state index is 0.316. The van der Waals surface area contributed by atoms with Crippen LogP contribution in [-0.2, 0) is 0 Å². The van der Waals surface area contributed by atoms with E-state index in [1.165, 1.54) is 0 Å². The van der Waals surface area contributed by atoms with Crippen molar-refractivity contribution in [3.8, 4) is 0 Å². The average Bonchev–Trinajstić information content (AvgIpc) is 1.66. The fraction of sp³-hybridized carbons (Fsp3) is 1.00. The lowest BCUT2D eigenvalue weighted by Crippen LogP contribution is -2.20. The van der Waals surface area contributed by atoms with Gasteiger partial charge in [0, 0.05) is 4.91 Å². The van der Waals surface area contributed by atoms with Crippen molar-refractivity contribution in [3.63, 3.8) is 0 Å². The van der Waals surface area contributed by atoms with Crippen LogP contribution in [0.4, 0.5) is 0 Å². The molecular formula is CH3N5O2. The minimum atomic E-state index is -0.783. The van der Waals surface area contributed by atoms with Crippen molar-refractivity contribution in [1.82, 2.24) is 5.43 Å². The molecular weight excluding hydrogens is 114 g/mol. The Bertz CT molecular complexity index is 122. The summed E-state index contributed by atoms with van der Waals surface area (Å²) in [6.45, 7) is -0.316. The fourth-order valence-corrected chi connectivity index (χ4v) is 0.121. The summed E-state index contributed by atoms with van der Waals surface area (Å²) in [4.78, 5) is 11.7. The van der Waals surface area contributed by atoms with Crippen LogP contribution in [0.25, 0.3) is 10.4 Å². The molecule has 0 aliphatic carbocycles. The van der Waals surface area contributed by atoms with Crippen LogP contribution in [-0.4, -0.2) is 11.7 Å². The number of nitro groups is 1. The van der Waals surface area contributed by atoms with Crippen molar-refractivity contribution >= 4 is 0 Å². The summed E-state index contributed by atoms with van der Waals surface area (Å²) in [5, 5.41) is 11.4. The minimum Gasteiger partial charge on any atom is -0.235 e. The zero-order chi connectivity index (χ0) is 6.41. The highest BCUT2D eigenvalue weighted by Crippen LogP contribution is 1.63. The number of azide groups is 1. The quantitative estimate of drug-likeness (QED) is 0.185. The Morgan fingerprint density at radius 2 is 2.62 bits per heavy atom. The first-order chi connectivity index (χ1) is 3.77. The Hall–Kier alpha value is -1.49. The molecule has 8 heavy (non-hydrogen) atoms. The van der Waals surface area contributed by atoms with Crippen LogP contribution < -0.4 is 5.43 Å². The van der Waals surface area contributed by atoms with E-state index in [1.54, 1.807) is 5.43 Å². The second-order valence-corrected chi connectivity index (χ2v) is 0.804. The first-order valence-electron chi connectivity index (χ1n) is 1.66. The van der Waals surface area contributed by atoms with Crippen LogP contribution in [0.15, 0.2) is 5.11 Å². The highest BCUT2D eigenvalue weighted by Gasteiger charge is 1.85. The molecule has 0 unspecified atom stereocenters. The molecule has 0 aliphatic rings. The van der Waals surface area contributed by atoms with Gasteiger partial charge in [-0.05, 0) is 5.53 Å². The maximum Gasteiger partial charge on any atom is 0.157 e. The molecule has 44 valence electrons. The van der Waals surface area contributed by atoms with Crippen LogP contribution in [0.5, 0.6) is 0 Å². The summed E-state index contributed by atoms with van der Waals surface area (Å²) in [7, 11) is 0. The normalized spacial score (nSPS) is 7.00. The van der Waals surface area contributed by atoms with Crippen molar-refractivity contribution in [2.24, 2.45) is 5.11 Å². The van der Waals surface area contributed by atoms with E-state index in [9.17, 15) is 10.1 Å². The Labute approximate surface area is 44.0 Å². The second kappa shape index (κ2) is 3.69. The number of rotatable bonds is 3. The third kappa shape index (κ3) is 4.51. The van der Waals surface area contributed by atoms with E-state index in [-0.39, 0.29) is 6.67 Å². The summed E-state index contributed by atoms with van der Waals surface area (Å²) in [6, 6.07) is 0. The van der Waals surface area contributed by atoms with E-state index in [0.717, 1.165) is 0 Å². The number of hydrogen-bond donors (Lipinski definition) is 1. The molecule has 0 saturated carbocycles. The van der Waals surface area contributed by atoms with Gasteiger partial charge in [-0.1, -0.05) is 5.11 Å². The van der Waals surface area contributed by atoms with E-state index in [4.69, 9.17) is 5.53 Å². The average molecular weight is 117 g/mol. The van der Waals surface area contributed by atoms with Crippen LogP contribution in [0.2, 0.25) is 0 Å². The van der Waals surface area contributed by atoms with Gasteiger partial charge < -0.3 is 0 Å². The molecule has 0 rings (SSSR count). The molecule has 0 aromatic heterocycles. The molecule has 0 heterocycles. The third-order valence-electron chi connectivity index (χ3n) is 0.334. The van der Waals surface area contributed by atoms with Gasteiger partial charge in [-0.25, -0.2) is 10.1 Å². The number of nitrogens with one attached hydrogen (secondary N) is 1. The lowest BCUT2D eigenvalue weighted by molar-refractivity contribution is -0.543. The number of nitrogens with zero attached hydrogens (tertiary/aromatic N) is 4. The second-order valence-electron chi connectivity index (χ2n) is 0.804. The molecule has 0 saturated heterocycles. The molecule has 0 bridgehead atoms. The molecule has 1 N–H and O–H groups in total. The van der Waals surface area contributed by atoms with E-state index < -0.39 is 5.03 Å². The van der Waals surface area contributed by atoms with Crippen LogP contribution in [0.3, 0.4) is 0 Å². The molecule has 0 spiro atoms. The molecule has 0 amide bonds. The van der Waals surface area contributed by atoms with E-state index in [0.29, 0.717) is 0 Å². The van der Waals surface area contributed by atoms with Gasteiger partial charge in [-0.15, -0.1) is 5.43 Å². The van der Waals surface area contributed by atoms with Crippen molar-refractivity contribution < 1.29 is 5.03 Å². The third-order valence-corrected chi connectivity index (χ3v) is 0.334. The molecule has 0 atom stereocenters. The smallest absolute Gasteiger partial charge is 0.157 e. The lowest BCUT2D eigenvalue weighted by atomic mass is 11.2. The predicted molar refractivity (Wildman–Crippen MR) is 24.1 cm³/mol. The molecule has 0 radical (unpaired) electrons. The maximum atomic E-state index is 9.39. The van der Waals surface area contributed by atoms with Gasteiger partial charge in [0.25, 0.3) is 0 Å².